The molecule has 0 radical (unpaired) electrons. The topological polar surface area (TPSA) is 29.1 Å². The lowest BCUT2D eigenvalue weighted by molar-refractivity contribution is -0.118. The summed E-state index contributed by atoms with van der Waals surface area (Å²) in [6.07, 6.45) is 9.89. The quantitative estimate of drug-likeness (QED) is 0.681. The van der Waals surface area contributed by atoms with Crippen LogP contribution in [0.25, 0.3) is 0 Å². The zero-order valence-corrected chi connectivity index (χ0v) is 9.37. The fourth-order valence-electron chi connectivity index (χ4n) is 0.996. The first-order valence-electron chi connectivity index (χ1n) is 5.03. The number of hydrogen-bond donors (Lipinski definition) is 1. The Morgan fingerprint density at radius 3 is 2.57 bits per heavy atom. The van der Waals surface area contributed by atoms with Gasteiger partial charge in [0.1, 0.15) is 0 Å². The van der Waals surface area contributed by atoms with Crippen molar-refractivity contribution in [2.75, 3.05) is 0 Å². The third-order valence-electron chi connectivity index (χ3n) is 1.59. The molecule has 2 nitrogen and oxygen atoms in total. The van der Waals surface area contributed by atoms with Crippen molar-refractivity contribution in [2.45, 2.75) is 27.7 Å². The lowest BCUT2D eigenvalue weighted by atomic mass is 10.2. The normalized spacial score (nSPS) is 18.9. The van der Waals surface area contributed by atoms with Crippen molar-refractivity contribution in [3.05, 3.63) is 36.1 Å². The van der Waals surface area contributed by atoms with Gasteiger partial charge in [-0.3, -0.25) is 4.79 Å². The second-order valence-electron chi connectivity index (χ2n) is 2.91. The van der Waals surface area contributed by atoms with Gasteiger partial charge in [0.15, 0.2) is 0 Å². The highest BCUT2D eigenvalue weighted by Gasteiger charge is 1.97. The highest BCUT2D eigenvalue weighted by molar-refractivity contribution is 5.75. The number of rotatable bonds is 1. The van der Waals surface area contributed by atoms with E-state index in [-0.39, 0.29) is 5.91 Å². The monoisotopic (exact) mass is 193 g/mol. The standard InChI is InChI=1S/C10H13NO.C2H6/c1-8-4-3-5-10(7-6-8)11-9(2)12;1-2/h3-8H,1-2H3,(H,11,12);1-2H3. The van der Waals surface area contributed by atoms with Gasteiger partial charge in [-0.2, -0.15) is 0 Å². The molecule has 0 aliphatic heterocycles. The van der Waals surface area contributed by atoms with E-state index < -0.39 is 0 Å². The summed E-state index contributed by atoms with van der Waals surface area (Å²) in [6.45, 7) is 7.60. The van der Waals surface area contributed by atoms with Crippen LogP contribution in [-0.4, -0.2) is 5.91 Å². The average Bonchev–Trinajstić information content (AvgIpc) is 2.34. The van der Waals surface area contributed by atoms with E-state index in [1.165, 1.54) is 6.92 Å². The van der Waals surface area contributed by atoms with Gasteiger partial charge in [-0.25, -0.2) is 0 Å². The van der Waals surface area contributed by atoms with Gasteiger partial charge < -0.3 is 5.32 Å². The molecule has 0 spiro atoms. The molecule has 0 heterocycles. The lowest BCUT2D eigenvalue weighted by Gasteiger charge is -1.99. The molecule has 0 aromatic rings. The van der Waals surface area contributed by atoms with E-state index in [0.29, 0.717) is 5.92 Å². The molecular formula is C12H19NO. The summed E-state index contributed by atoms with van der Waals surface area (Å²) in [4.78, 5) is 10.7. The van der Waals surface area contributed by atoms with Crippen LogP contribution in [-0.2, 0) is 4.79 Å². The van der Waals surface area contributed by atoms with Gasteiger partial charge in [-0.15, -0.1) is 0 Å². The average molecular weight is 193 g/mol. The predicted molar refractivity (Wildman–Crippen MR) is 60.7 cm³/mol. The first-order chi connectivity index (χ1) is 6.68. The molecule has 0 aromatic heterocycles. The Labute approximate surface area is 86.4 Å². The van der Waals surface area contributed by atoms with E-state index in [2.05, 4.69) is 18.3 Å². The minimum Gasteiger partial charge on any atom is -0.326 e. The molecule has 14 heavy (non-hydrogen) atoms. The van der Waals surface area contributed by atoms with Crippen LogP contribution in [0.4, 0.5) is 0 Å². The van der Waals surface area contributed by atoms with Crippen molar-refractivity contribution in [1.82, 2.24) is 5.32 Å². The van der Waals surface area contributed by atoms with Gasteiger partial charge in [0, 0.05) is 12.6 Å². The summed E-state index contributed by atoms with van der Waals surface area (Å²) in [5.74, 6) is 0.404. The molecule has 2 heteroatoms. The number of carbonyl (C=O) groups excluding carboxylic acids is 1. The molecule has 1 unspecified atom stereocenters. The Hall–Kier alpha value is -1.31. The SMILES string of the molecule is CC.CC(=O)NC1=CC=CC(C)C=C1. The smallest absolute Gasteiger partial charge is 0.221 e. The van der Waals surface area contributed by atoms with Crippen molar-refractivity contribution in [2.24, 2.45) is 5.92 Å². The predicted octanol–water partition coefficient (Wildman–Crippen LogP) is 2.79. The third kappa shape index (κ3) is 5.36. The zero-order chi connectivity index (χ0) is 11.0. The molecule has 78 valence electrons. The summed E-state index contributed by atoms with van der Waals surface area (Å²) in [7, 11) is 0. The van der Waals surface area contributed by atoms with Gasteiger partial charge in [-0.05, 0) is 18.1 Å². The van der Waals surface area contributed by atoms with E-state index in [4.69, 9.17) is 0 Å². The van der Waals surface area contributed by atoms with E-state index in [1.807, 2.05) is 38.2 Å². The number of allylic oxidation sites excluding steroid dienone is 5. The highest BCUT2D eigenvalue weighted by Crippen LogP contribution is 2.07. The van der Waals surface area contributed by atoms with Crippen molar-refractivity contribution in [3.63, 3.8) is 0 Å². The molecule has 1 amide bonds. The maximum Gasteiger partial charge on any atom is 0.221 e. The lowest BCUT2D eigenvalue weighted by Crippen LogP contribution is -2.17. The van der Waals surface area contributed by atoms with Crippen LogP contribution in [0.3, 0.4) is 0 Å². The fraction of sp³-hybridized carbons (Fsp3) is 0.417. The molecule has 1 atom stereocenters. The summed E-state index contributed by atoms with van der Waals surface area (Å²) in [5, 5.41) is 2.73. The van der Waals surface area contributed by atoms with Crippen LogP contribution < -0.4 is 5.32 Å². The van der Waals surface area contributed by atoms with E-state index >= 15 is 0 Å². The first kappa shape index (κ1) is 12.7. The van der Waals surface area contributed by atoms with Crippen LogP contribution in [0.5, 0.6) is 0 Å². The Bertz CT molecular complexity index is 261. The van der Waals surface area contributed by atoms with Crippen molar-refractivity contribution in [3.8, 4) is 0 Å². The van der Waals surface area contributed by atoms with E-state index in [0.717, 1.165) is 5.70 Å². The number of carbonyl (C=O) groups is 1. The van der Waals surface area contributed by atoms with Gasteiger partial charge in [-0.1, -0.05) is 39.0 Å². The Morgan fingerprint density at radius 2 is 2.00 bits per heavy atom. The van der Waals surface area contributed by atoms with Crippen LogP contribution in [0.1, 0.15) is 27.7 Å². The molecule has 1 N–H and O–H groups in total. The molecule has 0 aromatic carbocycles. The van der Waals surface area contributed by atoms with Crippen LogP contribution in [0.2, 0.25) is 0 Å². The van der Waals surface area contributed by atoms with Gasteiger partial charge in [0.05, 0.1) is 0 Å². The van der Waals surface area contributed by atoms with Crippen LogP contribution in [0, 0.1) is 5.92 Å². The third-order valence-corrected chi connectivity index (χ3v) is 1.59. The molecule has 0 saturated carbocycles. The summed E-state index contributed by atoms with van der Waals surface area (Å²) >= 11 is 0. The van der Waals surface area contributed by atoms with Gasteiger partial charge in [0.2, 0.25) is 5.91 Å². The minimum atomic E-state index is -0.0335. The van der Waals surface area contributed by atoms with Crippen molar-refractivity contribution < 1.29 is 4.79 Å². The Kier molecular flexibility index (Phi) is 6.46. The molecule has 0 bridgehead atoms. The first-order valence-corrected chi connectivity index (χ1v) is 5.03. The summed E-state index contributed by atoms with van der Waals surface area (Å²) < 4.78 is 0. The van der Waals surface area contributed by atoms with Crippen LogP contribution >= 0.6 is 0 Å². The number of nitrogens with one attached hydrogen (secondary N) is 1. The molecule has 1 rings (SSSR count). The Morgan fingerprint density at radius 1 is 1.36 bits per heavy atom. The molecule has 0 saturated heterocycles. The Balaban J connectivity index is 0.000000791. The maximum absolute atomic E-state index is 10.7. The number of hydrogen-bond acceptors (Lipinski definition) is 1. The zero-order valence-electron chi connectivity index (χ0n) is 9.37. The summed E-state index contributed by atoms with van der Waals surface area (Å²) in [5.41, 5.74) is 0.850. The van der Waals surface area contributed by atoms with Gasteiger partial charge >= 0.3 is 0 Å². The van der Waals surface area contributed by atoms with E-state index in [9.17, 15) is 4.79 Å². The number of amides is 1. The highest BCUT2D eigenvalue weighted by atomic mass is 16.1. The molecule has 1 aliphatic rings. The van der Waals surface area contributed by atoms with Crippen molar-refractivity contribution >= 4 is 5.91 Å². The second kappa shape index (κ2) is 7.13. The van der Waals surface area contributed by atoms with E-state index in [1.54, 1.807) is 0 Å². The molecule has 0 fully saturated rings. The van der Waals surface area contributed by atoms with Crippen molar-refractivity contribution in [1.29, 1.82) is 0 Å². The second-order valence-corrected chi connectivity index (χ2v) is 2.91. The van der Waals surface area contributed by atoms with Crippen LogP contribution in [0.15, 0.2) is 36.1 Å². The largest absolute Gasteiger partial charge is 0.326 e. The molecular weight excluding hydrogens is 174 g/mol. The van der Waals surface area contributed by atoms with Gasteiger partial charge in [0.25, 0.3) is 0 Å². The summed E-state index contributed by atoms with van der Waals surface area (Å²) in [6, 6.07) is 0. The maximum atomic E-state index is 10.7. The fourth-order valence-corrected chi connectivity index (χ4v) is 0.996. The molecule has 1 aliphatic carbocycles. The minimum absolute atomic E-state index is 0.0335.